The molecular weight excluding hydrogens is 278 g/mol. The smallest absolute Gasteiger partial charge is 0.248 e. The number of aryl methyl sites for hydroxylation is 2. The molecule has 0 bridgehead atoms. The highest BCUT2D eigenvalue weighted by Crippen LogP contribution is 2.22. The third kappa shape index (κ3) is 3.04. The first-order valence-corrected chi connectivity index (χ1v) is 7.58. The highest BCUT2D eigenvalue weighted by Gasteiger charge is 2.20. The molecule has 0 aliphatic carbocycles. The van der Waals surface area contributed by atoms with Gasteiger partial charge >= 0.3 is 0 Å². The Labute approximate surface area is 130 Å². The second-order valence-corrected chi connectivity index (χ2v) is 5.71. The van der Waals surface area contributed by atoms with E-state index < -0.39 is 0 Å². The maximum atomic E-state index is 12.0. The summed E-state index contributed by atoms with van der Waals surface area (Å²) in [6.07, 6.45) is 0.914. The molecule has 0 radical (unpaired) electrons. The van der Waals surface area contributed by atoms with Crippen LogP contribution in [0.15, 0.2) is 30.3 Å². The number of hydrogen-bond donors (Lipinski definition) is 0. The standard InChI is InChI=1S/C17H21N3O2/c1-13-4-6-14(7-5-13)16-10-15-11-19(17(21)12-22-2)8-3-9-20(15)18-16/h4-7,10H,3,8-9,11-12H2,1-2H3. The Morgan fingerprint density at radius 1 is 1.27 bits per heavy atom. The first-order chi connectivity index (χ1) is 10.7. The Kier molecular flexibility index (Phi) is 4.24. The number of benzene rings is 1. The topological polar surface area (TPSA) is 47.4 Å². The third-order valence-corrected chi connectivity index (χ3v) is 3.98. The normalized spacial score (nSPS) is 14.5. The number of aromatic nitrogens is 2. The largest absolute Gasteiger partial charge is 0.375 e. The fraction of sp³-hybridized carbons (Fsp3) is 0.412. The molecule has 3 rings (SSSR count). The molecule has 116 valence electrons. The average molecular weight is 299 g/mol. The van der Waals surface area contributed by atoms with Crippen molar-refractivity contribution >= 4 is 5.91 Å². The van der Waals surface area contributed by atoms with Gasteiger partial charge in [0.2, 0.25) is 5.91 Å². The molecule has 0 N–H and O–H groups in total. The van der Waals surface area contributed by atoms with Crippen molar-refractivity contribution in [3.05, 3.63) is 41.6 Å². The zero-order valence-electron chi connectivity index (χ0n) is 13.1. The second kappa shape index (κ2) is 6.32. The fourth-order valence-corrected chi connectivity index (χ4v) is 2.76. The van der Waals surface area contributed by atoms with E-state index in [2.05, 4.69) is 37.3 Å². The van der Waals surface area contributed by atoms with Crippen molar-refractivity contribution in [1.29, 1.82) is 0 Å². The van der Waals surface area contributed by atoms with E-state index in [1.807, 2.05) is 9.58 Å². The van der Waals surface area contributed by atoms with Crippen molar-refractivity contribution in [3.63, 3.8) is 0 Å². The number of hydrogen-bond acceptors (Lipinski definition) is 3. The minimum atomic E-state index is 0.0361. The summed E-state index contributed by atoms with van der Waals surface area (Å²) in [6, 6.07) is 10.4. The first kappa shape index (κ1) is 14.8. The minimum Gasteiger partial charge on any atom is -0.375 e. The number of ether oxygens (including phenoxy) is 1. The summed E-state index contributed by atoms with van der Waals surface area (Å²) >= 11 is 0. The number of nitrogens with zero attached hydrogens (tertiary/aromatic N) is 3. The van der Waals surface area contributed by atoms with Gasteiger partial charge in [-0.2, -0.15) is 5.10 Å². The molecule has 22 heavy (non-hydrogen) atoms. The molecule has 1 aromatic heterocycles. The molecule has 0 unspecified atom stereocenters. The summed E-state index contributed by atoms with van der Waals surface area (Å²) in [6.45, 7) is 4.41. The van der Waals surface area contributed by atoms with E-state index in [9.17, 15) is 4.79 Å². The van der Waals surface area contributed by atoms with Crippen molar-refractivity contribution in [3.8, 4) is 11.3 Å². The predicted octanol–water partition coefficient (Wildman–Crippen LogP) is 2.24. The van der Waals surface area contributed by atoms with Gasteiger partial charge in [-0.1, -0.05) is 29.8 Å². The molecule has 1 amide bonds. The number of carbonyl (C=O) groups excluding carboxylic acids is 1. The quantitative estimate of drug-likeness (QED) is 0.873. The lowest BCUT2D eigenvalue weighted by atomic mass is 10.1. The Morgan fingerprint density at radius 2 is 2.05 bits per heavy atom. The minimum absolute atomic E-state index is 0.0361. The second-order valence-electron chi connectivity index (χ2n) is 5.71. The SMILES string of the molecule is COCC(=O)N1CCCn2nc(-c3ccc(C)cc3)cc2C1. The van der Waals surface area contributed by atoms with Gasteiger partial charge in [-0.25, -0.2) is 0 Å². The maximum absolute atomic E-state index is 12.0. The maximum Gasteiger partial charge on any atom is 0.248 e. The molecule has 0 spiro atoms. The highest BCUT2D eigenvalue weighted by molar-refractivity contribution is 5.77. The molecular formula is C17H21N3O2. The zero-order chi connectivity index (χ0) is 15.5. The van der Waals surface area contributed by atoms with Crippen molar-refractivity contribution in [2.75, 3.05) is 20.3 Å². The molecule has 5 nitrogen and oxygen atoms in total. The lowest BCUT2D eigenvalue weighted by Crippen LogP contribution is -2.33. The van der Waals surface area contributed by atoms with Crippen molar-refractivity contribution in [1.82, 2.24) is 14.7 Å². The third-order valence-electron chi connectivity index (χ3n) is 3.98. The predicted molar refractivity (Wildman–Crippen MR) is 84.3 cm³/mol. The number of methoxy groups -OCH3 is 1. The summed E-state index contributed by atoms with van der Waals surface area (Å²) in [4.78, 5) is 13.9. The molecule has 0 saturated heterocycles. The zero-order valence-corrected chi connectivity index (χ0v) is 13.1. The van der Waals surface area contributed by atoms with Gasteiger partial charge in [0.05, 0.1) is 17.9 Å². The molecule has 0 fully saturated rings. The van der Waals surface area contributed by atoms with Gasteiger partial charge in [0.15, 0.2) is 0 Å². The summed E-state index contributed by atoms with van der Waals surface area (Å²) in [7, 11) is 1.55. The summed E-state index contributed by atoms with van der Waals surface area (Å²) in [5.41, 5.74) is 4.40. The van der Waals surface area contributed by atoms with Crippen molar-refractivity contribution in [2.45, 2.75) is 26.4 Å². The van der Waals surface area contributed by atoms with Crippen LogP contribution in [0, 0.1) is 6.92 Å². The van der Waals surface area contributed by atoms with Crippen LogP contribution in [0.1, 0.15) is 17.7 Å². The first-order valence-electron chi connectivity index (χ1n) is 7.58. The van der Waals surface area contributed by atoms with Crippen LogP contribution in [0.3, 0.4) is 0 Å². The Balaban J connectivity index is 1.84. The summed E-state index contributed by atoms with van der Waals surface area (Å²) < 4.78 is 6.98. The Bertz CT molecular complexity index is 661. The molecule has 2 aromatic rings. The number of carbonyl (C=O) groups is 1. The lowest BCUT2D eigenvalue weighted by molar-refractivity contribution is -0.135. The number of fused-ring (bicyclic) bond motifs is 1. The summed E-state index contributed by atoms with van der Waals surface area (Å²) in [5.74, 6) is 0.0361. The monoisotopic (exact) mass is 299 g/mol. The van der Waals surface area contributed by atoms with Crippen LogP contribution in [-0.4, -0.2) is 40.8 Å². The molecule has 5 heteroatoms. The van der Waals surface area contributed by atoms with E-state index in [0.29, 0.717) is 6.54 Å². The molecule has 1 aliphatic heterocycles. The van der Waals surface area contributed by atoms with Crippen LogP contribution in [0.25, 0.3) is 11.3 Å². The van der Waals surface area contributed by atoms with E-state index >= 15 is 0 Å². The summed E-state index contributed by atoms with van der Waals surface area (Å²) in [5, 5.41) is 4.70. The van der Waals surface area contributed by atoms with Crippen LogP contribution in [-0.2, 0) is 22.6 Å². The van der Waals surface area contributed by atoms with Gasteiger partial charge in [-0.3, -0.25) is 9.48 Å². The van der Waals surface area contributed by atoms with Gasteiger partial charge in [0, 0.05) is 25.8 Å². The molecule has 1 aliphatic rings. The molecule has 1 aromatic carbocycles. The fourth-order valence-electron chi connectivity index (χ4n) is 2.76. The molecule has 2 heterocycles. The molecule has 0 saturated carbocycles. The molecule has 0 atom stereocenters. The van der Waals surface area contributed by atoms with Crippen LogP contribution in [0.4, 0.5) is 0 Å². The van der Waals surface area contributed by atoms with E-state index in [1.165, 1.54) is 5.56 Å². The number of amides is 1. The van der Waals surface area contributed by atoms with E-state index in [1.54, 1.807) is 7.11 Å². The van der Waals surface area contributed by atoms with Crippen LogP contribution in [0.5, 0.6) is 0 Å². The number of rotatable bonds is 3. The van der Waals surface area contributed by atoms with E-state index in [-0.39, 0.29) is 12.5 Å². The Morgan fingerprint density at radius 3 is 2.77 bits per heavy atom. The highest BCUT2D eigenvalue weighted by atomic mass is 16.5. The van der Waals surface area contributed by atoms with Gasteiger partial charge in [0.1, 0.15) is 6.61 Å². The van der Waals surface area contributed by atoms with Crippen LogP contribution >= 0.6 is 0 Å². The van der Waals surface area contributed by atoms with E-state index in [4.69, 9.17) is 9.84 Å². The van der Waals surface area contributed by atoms with Crippen LogP contribution < -0.4 is 0 Å². The van der Waals surface area contributed by atoms with Gasteiger partial charge in [0.25, 0.3) is 0 Å². The average Bonchev–Trinajstić information content (AvgIpc) is 2.80. The van der Waals surface area contributed by atoms with Crippen molar-refractivity contribution < 1.29 is 9.53 Å². The van der Waals surface area contributed by atoms with Crippen LogP contribution in [0.2, 0.25) is 0 Å². The van der Waals surface area contributed by atoms with E-state index in [0.717, 1.165) is 36.5 Å². The van der Waals surface area contributed by atoms with Gasteiger partial charge in [-0.15, -0.1) is 0 Å². The van der Waals surface area contributed by atoms with Gasteiger partial charge < -0.3 is 9.64 Å². The lowest BCUT2D eigenvalue weighted by Gasteiger charge is -2.19. The van der Waals surface area contributed by atoms with Gasteiger partial charge in [-0.05, 0) is 19.4 Å². The Hall–Kier alpha value is -2.14. The van der Waals surface area contributed by atoms with Crippen molar-refractivity contribution in [2.24, 2.45) is 0 Å².